The molecular weight excluding hydrogens is 386 g/mol. The minimum atomic E-state index is 0.667. The zero-order valence-electron chi connectivity index (χ0n) is 9.81. The summed E-state index contributed by atoms with van der Waals surface area (Å²) < 4.78 is 2.04. The molecule has 0 heterocycles. The maximum Gasteiger partial charge on any atom is 0.106 e. The average Bonchev–Trinajstić information content (AvgIpc) is 2.40. The van der Waals surface area contributed by atoms with Crippen LogP contribution in [0.2, 0.25) is 0 Å². The van der Waals surface area contributed by atoms with Crippen molar-refractivity contribution >= 4 is 49.7 Å². The number of halogens is 2. The molecule has 0 aromatic heterocycles. The minimum Gasteiger partial charge on any atom is -0.192 e. The van der Waals surface area contributed by atoms with Crippen LogP contribution in [0.4, 0.5) is 0 Å². The van der Waals surface area contributed by atoms with Crippen LogP contribution in [0.15, 0.2) is 67.3 Å². The molecule has 0 unspecified atom stereocenters. The summed E-state index contributed by atoms with van der Waals surface area (Å²) in [6.07, 6.45) is 1.89. The molecule has 0 aliphatic rings. The van der Waals surface area contributed by atoms with Crippen LogP contribution in [0.1, 0.15) is 5.56 Å². The van der Waals surface area contributed by atoms with E-state index < -0.39 is 0 Å². The molecule has 0 atom stereocenters. The molecule has 0 amide bonds. The van der Waals surface area contributed by atoms with Crippen molar-refractivity contribution in [1.82, 2.24) is 0 Å². The summed E-state index contributed by atoms with van der Waals surface area (Å²) in [5.74, 6) is 0. The summed E-state index contributed by atoms with van der Waals surface area (Å²) in [6.45, 7) is 0. The quantitative estimate of drug-likeness (QED) is 0.480. The molecule has 94 valence electrons. The van der Waals surface area contributed by atoms with Gasteiger partial charge in [0.15, 0.2) is 0 Å². The molecule has 19 heavy (non-hydrogen) atoms. The highest BCUT2D eigenvalue weighted by Crippen LogP contribution is 2.29. The smallest absolute Gasteiger partial charge is 0.106 e. The highest BCUT2D eigenvalue weighted by molar-refractivity contribution is 9.10. The lowest BCUT2D eigenvalue weighted by atomic mass is 10.2. The highest BCUT2D eigenvalue weighted by atomic mass is 79.9. The fourth-order valence-electron chi connectivity index (χ4n) is 1.46. The van der Waals surface area contributed by atoms with Gasteiger partial charge in [-0.3, -0.25) is 0 Å². The van der Waals surface area contributed by atoms with Gasteiger partial charge in [0, 0.05) is 13.8 Å². The lowest BCUT2D eigenvalue weighted by molar-refractivity contribution is 1.44. The topological polar surface area (TPSA) is 23.8 Å². The largest absolute Gasteiger partial charge is 0.192 e. The van der Waals surface area contributed by atoms with Gasteiger partial charge < -0.3 is 0 Å². The SMILES string of the molecule is N#C/C(=C\c1cccc(Br)c1)Sc1ccc(Br)cc1. The Morgan fingerprint density at radius 2 is 1.79 bits per heavy atom. The molecule has 0 aliphatic heterocycles. The van der Waals surface area contributed by atoms with E-state index in [4.69, 9.17) is 0 Å². The third-order valence-corrected chi connectivity index (χ3v) is 4.26. The van der Waals surface area contributed by atoms with E-state index >= 15 is 0 Å². The molecule has 0 saturated carbocycles. The van der Waals surface area contributed by atoms with E-state index in [0.717, 1.165) is 19.4 Å². The van der Waals surface area contributed by atoms with E-state index in [1.54, 1.807) is 0 Å². The Hall–Kier alpha value is -1.02. The first-order valence-electron chi connectivity index (χ1n) is 5.48. The van der Waals surface area contributed by atoms with E-state index in [1.165, 1.54) is 11.8 Å². The number of nitrogens with zero attached hydrogens (tertiary/aromatic N) is 1. The Labute approximate surface area is 133 Å². The Morgan fingerprint density at radius 1 is 1.05 bits per heavy atom. The molecule has 2 aromatic carbocycles. The number of benzene rings is 2. The van der Waals surface area contributed by atoms with Gasteiger partial charge in [0.05, 0.1) is 4.91 Å². The van der Waals surface area contributed by atoms with Crippen molar-refractivity contribution in [2.24, 2.45) is 0 Å². The zero-order valence-corrected chi connectivity index (χ0v) is 13.8. The van der Waals surface area contributed by atoms with Crippen LogP contribution in [0.5, 0.6) is 0 Å². The zero-order chi connectivity index (χ0) is 13.7. The lowest BCUT2D eigenvalue weighted by Crippen LogP contribution is -1.77. The average molecular weight is 395 g/mol. The molecule has 0 aliphatic carbocycles. The van der Waals surface area contributed by atoms with Gasteiger partial charge in [-0.2, -0.15) is 5.26 Å². The van der Waals surface area contributed by atoms with Crippen molar-refractivity contribution in [1.29, 1.82) is 5.26 Å². The van der Waals surface area contributed by atoms with Gasteiger partial charge in [-0.1, -0.05) is 55.8 Å². The van der Waals surface area contributed by atoms with Gasteiger partial charge in [-0.05, 0) is 48.0 Å². The first kappa shape index (κ1) is 14.4. The number of hydrogen-bond donors (Lipinski definition) is 0. The van der Waals surface area contributed by atoms with Gasteiger partial charge in [0.1, 0.15) is 6.07 Å². The standard InChI is InChI=1S/C15H9Br2NS/c16-12-4-6-14(7-5-12)19-15(10-18)9-11-2-1-3-13(17)8-11/h1-9H/b15-9+. The molecule has 0 bridgehead atoms. The summed E-state index contributed by atoms with van der Waals surface area (Å²) in [5.41, 5.74) is 1.01. The van der Waals surface area contributed by atoms with Crippen LogP contribution >= 0.6 is 43.6 Å². The van der Waals surface area contributed by atoms with E-state index in [-0.39, 0.29) is 0 Å². The van der Waals surface area contributed by atoms with Crippen LogP contribution in [0.25, 0.3) is 6.08 Å². The van der Waals surface area contributed by atoms with Crippen LogP contribution in [-0.2, 0) is 0 Å². The van der Waals surface area contributed by atoms with E-state index in [0.29, 0.717) is 4.91 Å². The first-order chi connectivity index (χ1) is 9.17. The van der Waals surface area contributed by atoms with Crippen molar-refractivity contribution in [3.63, 3.8) is 0 Å². The van der Waals surface area contributed by atoms with Crippen molar-refractivity contribution < 1.29 is 0 Å². The minimum absolute atomic E-state index is 0.667. The Bertz CT molecular complexity index is 642. The monoisotopic (exact) mass is 393 g/mol. The number of thioether (sulfide) groups is 1. The Kier molecular flexibility index (Phi) is 5.26. The number of allylic oxidation sites excluding steroid dienone is 1. The van der Waals surface area contributed by atoms with Crippen molar-refractivity contribution in [3.8, 4) is 6.07 Å². The summed E-state index contributed by atoms with van der Waals surface area (Å²) in [4.78, 5) is 1.71. The predicted octanol–water partition coefficient (Wildman–Crippen LogP) is 5.87. The highest BCUT2D eigenvalue weighted by Gasteiger charge is 2.01. The van der Waals surface area contributed by atoms with Gasteiger partial charge in [0.2, 0.25) is 0 Å². The van der Waals surface area contributed by atoms with Crippen molar-refractivity contribution in [2.75, 3.05) is 0 Å². The predicted molar refractivity (Wildman–Crippen MR) is 87.7 cm³/mol. The summed E-state index contributed by atoms with van der Waals surface area (Å²) in [7, 11) is 0. The van der Waals surface area contributed by atoms with Crippen molar-refractivity contribution in [3.05, 3.63) is 67.9 Å². The fraction of sp³-hybridized carbons (Fsp3) is 0. The molecule has 4 heteroatoms. The summed E-state index contributed by atoms with van der Waals surface area (Å²) >= 11 is 8.28. The van der Waals surface area contributed by atoms with Gasteiger partial charge in [-0.25, -0.2) is 0 Å². The molecule has 2 aromatic rings. The maximum absolute atomic E-state index is 9.21. The molecular formula is C15H9Br2NS. The number of hydrogen-bond acceptors (Lipinski definition) is 2. The number of nitriles is 1. The van der Waals surface area contributed by atoms with E-state index in [2.05, 4.69) is 37.9 Å². The molecule has 2 rings (SSSR count). The molecule has 1 nitrogen and oxygen atoms in total. The van der Waals surface area contributed by atoms with Crippen LogP contribution in [0, 0.1) is 11.3 Å². The Balaban J connectivity index is 2.21. The van der Waals surface area contributed by atoms with Crippen LogP contribution in [0.3, 0.4) is 0 Å². The maximum atomic E-state index is 9.21. The summed E-state index contributed by atoms with van der Waals surface area (Å²) in [5, 5.41) is 9.21. The normalized spacial score (nSPS) is 11.1. The third-order valence-electron chi connectivity index (χ3n) is 2.30. The molecule has 0 saturated heterocycles. The lowest BCUT2D eigenvalue weighted by Gasteiger charge is -2.01. The van der Waals surface area contributed by atoms with Crippen LogP contribution in [-0.4, -0.2) is 0 Å². The van der Waals surface area contributed by atoms with E-state index in [9.17, 15) is 5.26 Å². The van der Waals surface area contributed by atoms with Gasteiger partial charge in [0.25, 0.3) is 0 Å². The second-order valence-corrected chi connectivity index (χ2v) is 6.68. The number of rotatable bonds is 3. The van der Waals surface area contributed by atoms with Gasteiger partial charge >= 0.3 is 0 Å². The second kappa shape index (κ2) is 6.95. The fourth-order valence-corrected chi connectivity index (χ4v) is 2.91. The third kappa shape index (κ3) is 4.54. The molecule has 0 spiro atoms. The van der Waals surface area contributed by atoms with E-state index in [1.807, 2.05) is 54.6 Å². The van der Waals surface area contributed by atoms with Crippen LogP contribution < -0.4 is 0 Å². The Morgan fingerprint density at radius 3 is 2.42 bits per heavy atom. The molecule has 0 fully saturated rings. The molecule has 0 radical (unpaired) electrons. The second-order valence-electron chi connectivity index (χ2n) is 3.73. The summed E-state index contributed by atoms with van der Waals surface area (Å²) in [6, 6.07) is 18.0. The van der Waals surface area contributed by atoms with Crippen molar-refractivity contribution in [2.45, 2.75) is 4.90 Å². The molecule has 0 N–H and O–H groups in total. The first-order valence-corrected chi connectivity index (χ1v) is 7.88. The van der Waals surface area contributed by atoms with Gasteiger partial charge in [-0.15, -0.1) is 0 Å².